The fraction of sp³-hybridized carbons (Fsp3) is 0.875. The second-order valence-electron chi connectivity index (χ2n) is 3.01. The number of hydrogen-bond acceptors (Lipinski definition) is 3. The molecular formula is C8H17NO3. The third-order valence-corrected chi connectivity index (χ3v) is 1.92. The third-order valence-electron chi connectivity index (χ3n) is 1.92. The van der Waals surface area contributed by atoms with Crippen molar-refractivity contribution in [3.8, 4) is 0 Å². The number of rotatable bonds is 6. The molecule has 0 heterocycles. The van der Waals surface area contributed by atoms with Crippen molar-refractivity contribution in [2.45, 2.75) is 25.8 Å². The molecule has 0 radical (unpaired) electrons. The molecule has 2 N–H and O–H groups in total. The maximum Gasteiger partial charge on any atom is 0.303 e. The van der Waals surface area contributed by atoms with Gasteiger partial charge in [0.25, 0.3) is 0 Å². The maximum atomic E-state index is 10.2. The summed E-state index contributed by atoms with van der Waals surface area (Å²) >= 11 is 0. The van der Waals surface area contributed by atoms with E-state index < -0.39 is 5.97 Å². The van der Waals surface area contributed by atoms with Gasteiger partial charge < -0.3 is 15.1 Å². The van der Waals surface area contributed by atoms with Gasteiger partial charge in [-0.15, -0.1) is 0 Å². The van der Waals surface area contributed by atoms with Crippen LogP contribution in [0.15, 0.2) is 0 Å². The topological polar surface area (TPSA) is 60.8 Å². The van der Waals surface area contributed by atoms with Crippen LogP contribution in [0.5, 0.6) is 0 Å². The molecule has 0 aliphatic rings. The Morgan fingerprint density at radius 1 is 1.58 bits per heavy atom. The van der Waals surface area contributed by atoms with Crippen molar-refractivity contribution < 1.29 is 15.0 Å². The van der Waals surface area contributed by atoms with E-state index in [0.29, 0.717) is 13.0 Å². The van der Waals surface area contributed by atoms with Gasteiger partial charge in [0.1, 0.15) is 0 Å². The minimum Gasteiger partial charge on any atom is -0.481 e. The number of carboxylic acid groups (broad SMARTS) is 1. The number of aliphatic hydroxyl groups is 1. The predicted octanol–water partition coefficient (Wildman–Crippen LogP) is 0.164. The standard InChI is InChI=1S/C8H17NO3/c1-7(6-10)9(2)5-3-4-8(11)12/h7,10H,3-6H2,1-2H3,(H,11,12). The molecule has 0 aliphatic carbocycles. The Labute approximate surface area is 72.8 Å². The van der Waals surface area contributed by atoms with Gasteiger partial charge in [-0.25, -0.2) is 0 Å². The van der Waals surface area contributed by atoms with Crippen molar-refractivity contribution in [2.75, 3.05) is 20.2 Å². The van der Waals surface area contributed by atoms with E-state index in [4.69, 9.17) is 10.2 Å². The molecule has 0 aromatic heterocycles. The van der Waals surface area contributed by atoms with E-state index in [-0.39, 0.29) is 19.1 Å². The molecule has 4 nitrogen and oxygen atoms in total. The van der Waals surface area contributed by atoms with Gasteiger partial charge in [-0.05, 0) is 26.9 Å². The molecule has 0 bridgehead atoms. The first-order valence-corrected chi connectivity index (χ1v) is 4.10. The Morgan fingerprint density at radius 2 is 2.17 bits per heavy atom. The van der Waals surface area contributed by atoms with Crippen LogP contribution in [-0.2, 0) is 4.79 Å². The average Bonchev–Trinajstić information content (AvgIpc) is 2.02. The molecule has 0 aromatic carbocycles. The van der Waals surface area contributed by atoms with Gasteiger partial charge in [0.15, 0.2) is 0 Å². The minimum absolute atomic E-state index is 0.110. The molecule has 1 atom stereocenters. The maximum absolute atomic E-state index is 10.2. The number of carbonyl (C=O) groups is 1. The fourth-order valence-corrected chi connectivity index (χ4v) is 0.839. The molecule has 0 amide bonds. The summed E-state index contributed by atoms with van der Waals surface area (Å²) in [6, 6.07) is 0.110. The van der Waals surface area contributed by atoms with Crippen LogP contribution in [0, 0.1) is 0 Å². The first-order chi connectivity index (χ1) is 5.57. The highest BCUT2D eigenvalue weighted by Gasteiger charge is 2.07. The molecule has 1 unspecified atom stereocenters. The van der Waals surface area contributed by atoms with Crippen molar-refractivity contribution in [3.63, 3.8) is 0 Å². The van der Waals surface area contributed by atoms with Crippen LogP contribution < -0.4 is 0 Å². The summed E-state index contributed by atoms with van der Waals surface area (Å²) in [5, 5.41) is 17.1. The molecule has 12 heavy (non-hydrogen) atoms. The van der Waals surface area contributed by atoms with Crippen LogP contribution in [0.2, 0.25) is 0 Å². The van der Waals surface area contributed by atoms with Crippen LogP contribution in [0.1, 0.15) is 19.8 Å². The molecule has 72 valence electrons. The zero-order valence-electron chi connectivity index (χ0n) is 7.66. The second-order valence-corrected chi connectivity index (χ2v) is 3.01. The highest BCUT2D eigenvalue weighted by atomic mass is 16.4. The Bertz CT molecular complexity index is 138. The first kappa shape index (κ1) is 11.4. The lowest BCUT2D eigenvalue weighted by molar-refractivity contribution is -0.137. The fourth-order valence-electron chi connectivity index (χ4n) is 0.839. The summed E-state index contributed by atoms with van der Waals surface area (Å²) in [5.74, 6) is -0.764. The molecular weight excluding hydrogens is 158 g/mol. The van der Waals surface area contributed by atoms with E-state index in [0.717, 1.165) is 0 Å². The van der Waals surface area contributed by atoms with Gasteiger partial charge in [0.05, 0.1) is 6.61 Å². The van der Waals surface area contributed by atoms with Gasteiger partial charge in [0.2, 0.25) is 0 Å². The summed E-state index contributed by atoms with van der Waals surface area (Å²) in [5.41, 5.74) is 0. The molecule has 0 fully saturated rings. The van der Waals surface area contributed by atoms with Crippen molar-refractivity contribution in [1.29, 1.82) is 0 Å². The number of nitrogens with zero attached hydrogens (tertiary/aromatic N) is 1. The van der Waals surface area contributed by atoms with E-state index in [1.54, 1.807) is 0 Å². The van der Waals surface area contributed by atoms with Gasteiger partial charge in [0, 0.05) is 12.5 Å². The van der Waals surface area contributed by atoms with Crippen LogP contribution in [-0.4, -0.2) is 47.3 Å². The smallest absolute Gasteiger partial charge is 0.303 e. The Kier molecular flexibility index (Phi) is 5.66. The van der Waals surface area contributed by atoms with Crippen LogP contribution in [0.3, 0.4) is 0 Å². The lowest BCUT2D eigenvalue weighted by Gasteiger charge is -2.21. The third kappa shape index (κ3) is 5.09. The Morgan fingerprint density at radius 3 is 2.58 bits per heavy atom. The SMILES string of the molecule is CC(CO)N(C)CCCC(=O)O. The van der Waals surface area contributed by atoms with Crippen molar-refractivity contribution in [3.05, 3.63) is 0 Å². The first-order valence-electron chi connectivity index (χ1n) is 4.10. The normalized spacial score (nSPS) is 13.3. The molecule has 0 saturated heterocycles. The van der Waals surface area contributed by atoms with Crippen LogP contribution >= 0.6 is 0 Å². The summed E-state index contributed by atoms with van der Waals surface area (Å²) in [6.45, 7) is 2.73. The van der Waals surface area contributed by atoms with E-state index >= 15 is 0 Å². The minimum atomic E-state index is -0.764. The summed E-state index contributed by atoms with van der Waals surface area (Å²) in [7, 11) is 1.88. The number of carboxylic acids is 1. The quantitative estimate of drug-likeness (QED) is 0.604. The largest absolute Gasteiger partial charge is 0.481 e. The lowest BCUT2D eigenvalue weighted by Crippen LogP contribution is -2.32. The second kappa shape index (κ2) is 5.97. The van der Waals surface area contributed by atoms with Gasteiger partial charge >= 0.3 is 5.97 Å². The molecule has 0 aliphatic heterocycles. The van der Waals surface area contributed by atoms with Crippen LogP contribution in [0.25, 0.3) is 0 Å². The number of aliphatic hydroxyl groups excluding tert-OH is 1. The average molecular weight is 175 g/mol. The Hall–Kier alpha value is -0.610. The van der Waals surface area contributed by atoms with Crippen LogP contribution in [0.4, 0.5) is 0 Å². The lowest BCUT2D eigenvalue weighted by atomic mass is 10.2. The summed E-state index contributed by atoms with van der Waals surface area (Å²) < 4.78 is 0. The highest BCUT2D eigenvalue weighted by Crippen LogP contribution is 1.97. The van der Waals surface area contributed by atoms with E-state index in [2.05, 4.69) is 0 Å². The number of likely N-dealkylation sites (N-methyl/N-ethyl adjacent to an activating group) is 1. The monoisotopic (exact) mass is 175 g/mol. The van der Waals surface area contributed by atoms with Gasteiger partial charge in [-0.2, -0.15) is 0 Å². The number of aliphatic carboxylic acids is 1. The van der Waals surface area contributed by atoms with E-state index in [9.17, 15) is 4.79 Å². The van der Waals surface area contributed by atoms with Crippen molar-refractivity contribution >= 4 is 5.97 Å². The van der Waals surface area contributed by atoms with E-state index in [1.165, 1.54) is 0 Å². The predicted molar refractivity (Wildman–Crippen MR) is 46.0 cm³/mol. The van der Waals surface area contributed by atoms with Crippen molar-refractivity contribution in [1.82, 2.24) is 4.90 Å². The number of hydrogen-bond donors (Lipinski definition) is 2. The van der Waals surface area contributed by atoms with E-state index in [1.807, 2.05) is 18.9 Å². The molecule has 0 spiro atoms. The molecule has 0 aromatic rings. The highest BCUT2D eigenvalue weighted by molar-refractivity contribution is 5.66. The zero-order chi connectivity index (χ0) is 9.56. The molecule has 4 heteroatoms. The molecule has 0 rings (SSSR count). The summed E-state index contributed by atoms with van der Waals surface area (Å²) in [4.78, 5) is 12.1. The summed E-state index contributed by atoms with van der Waals surface area (Å²) in [6.07, 6.45) is 0.832. The molecule has 0 saturated carbocycles. The zero-order valence-corrected chi connectivity index (χ0v) is 7.66. The Balaban J connectivity index is 3.43. The van der Waals surface area contributed by atoms with Gasteiger partial charge in [-0.3, -0.25) is 4.79 Å². The van der Waals surface area contributed by atoms with Crippen molar-refractivity contribution in [2.24, 2.45) is 0 Å². The van der Waals surface area contributed by atoms with Gasteiger partial charge in [-0.1, -0.05) is 0 Å².